The molecule has 0 atom stereocenters. The molecule has 1 saturated carbocycles. The second-order valence-corrected chi connectivity index (χ2v) is 6.87. The summed E-state index contributed by atoms with van der Waals surface area (Å²) in [4.78, 5) is 12.2. The lowest BCUT2D eigenvalue weighted by molar-refractivity contribution is -0.117. The second kappa shape index (κ2) is 6.78. The Labute approximate surface area is 131 Å². The van der Waals surface area contributed by atoms with Crippen molar-refractivity contribution in [1.29, 1.82) is 0 Å². The number of carbonyl (C=O) groups is 1. The third kappa shape index (κ3) is 3.49. The van der Waals surface area contributed by atoms with Crippen LogP contribution in [0.5, 0.6) is 0 Å². The van der Waals surface area contributed by atoms with E-state index in [2.05, 4.69) is 17.6 Å². The molecular formula is C18H25FN2O. The van der Waals surface area contributed by atoms with Gasteiger partial charge in [-0.3, -0.25) is 4.79 Å². The van der Waals surface area contributed by atoms with Crippen molar-refractivity contribution < 1.29 is 9.18 Å². The lowest BCUT2D eigenvalue weighted by Gasteiger charge is -2.25. The molecule has 120 valence electrons. The van der Waals surface area contributed by atoms with Crippen molar-refractivity contribution in [3.8, 4) is 0 Å². The van der Waals surface area contributed by atoms with Gasteiger partial charge < -0.3 is 10.6 Å². The Morgan fingerprint density at radius 2 is 2.09 bits per heavy atom. The zero-order valence-corrected chi connectivity index (χ0v) is 13.3. The number of nitrogens with one attached hydrogen (secondary N) is 2. The lowest BCUT2D eigenvalue weighted by Crippen LogP contribution is -2.25. The summed E-state index contributed by atoms with van der Waals surface area (Å²) in [6.07, 6.45) is 5.85. The highest BCUT2D eigenvalue weighted by Crippen LogP contribution is 2.31. The van der Waals surface area contributed by atoms with E-state index in [1.54, 1.807) is 6.07 Å². The van der Waals surface area contributed by atoms with Gasteiger partial charge in [-0.2, -0.15) is 0 Å². The van der Waals surface area contributed by atoms with Crippen LogP contribution in [0, 0.1) is 17.7 Å². The van der Waals surface area contributed by atoms with E-state index in [1.165, 1.54) is 12.8 Å². The molecule has 0 radical (unpaired) electrons. The van der Waals surface area contributed by atoms with E-state index >= 15 is 0 Å². The first-order valence-corrected chi connectivity index (χ1v) is 8.44. The first kappa shape index (κ1) is 15.5. The second-order valence-electron chi connectivity index (χ2n) is 6.87. The number of rotatable bonds is 3. The van der Waals surface area contributed by atoms with Gasteiger partial charge in [-0.05, 0) is 54.8 Å². The van der Waals surface area contributed by atoms with Crippen LogP contribution in [0.2, 0.25) is 0 Å². The molecule has 1 heterocycles. The molecule has 0 bridgehead atoms. The van der Waals surface area contributed by atoms with Gasteiger partial charge >= 0.3 is 0 Å². The Bertz CT molecular complexity index is 550. The quantitative estimate of drug-likeness (QED) is 0.895. The van der Waals surface area contributed by atoms with Crippen LogP contribution in [0.25, 0.3) is 0 Å². The van der Waals surface area contributed by atoms with Crippen LogP contribution in [0.1, 0.15) is 50.2 Å². The summed E-state index contributed by atoms with van der Waals surface area (Å²) in [5.41, 5.74) is 2.10. The van der Waals surface area contributed by atoms with Gasteiger partial charge in [0.1, 0.15) is 5.82 Å². The SMILES string of the molecule is CC1CCC(CC(=O)Nc2ccc3c(c2F)CCNC3)CC1. The van der Waals surface area contributed by atoms with E-state index in [4.69, 9.17) is 0 Å². The van der Waals surface area contributed by atoms with Gasteiger partial charge in [-0.1, -0.05) is 25.8 Å². The largest absolute Gasteiger partial charge is 0.324 e. The fourth-order valence-electron chi connectivity index (χ4n) is 3.63. The van der Waals surface area contributed by atoms with Crippen LogP contribution >= 0.6 is 0 Å². The molecule has 22 heavy (non-hydrogen) atoms. The number of halogens is 1. The molecule has 1 aromatic carbocycles. The standard InChI is InChI=1S/C18H25FN2O/c1-12-2-4-13(5-3-12)10-17(22)21-16-7-6-14-11-20-9-8-15(14)18(16)19/h6-7,12-13,20H,2-5,8-11H2,1H3,(H,21,22). The van der Waals surface area contributed by atoms with E-state index in [0.717, 1.165) is 36.4 Å². The summed E-state index contributed by atoms with van der Waals surface area (Å²) in [5.74, 6) is 0.948. The molecule has 1 aliphatic heterocycles. The van der Waals surface area contributed by atoms with Crippen molar-refractivity contribution >= 4 is 11.6 Å². The summed E-state index contributed by atoms with van der Waals surface area (Å²) in [7, 11) is 0. The van der Waals surface area contributed by atoms with E-state index in [9.17, 15) is 9.18 Å². The van der Waals surface area contributed by atoms with Crippen LogP contribution in [-0.4, -0.2) is 12.5 Å². The highest BCUT2D eigenvalue weighted by atomic mass is 19.1. The highest BCUT2D eigenvalue weighted by molar-refractivity contribution is 5.91. The van der Waals surface area contributed by atoms with Crippen molar-refractivity contribution in [1.82, 2.24) is 5.32 Å². The van der Waals surface area contributed by atoms with Gasteiger partial charge in [-0.15, -0.1) is 0 Å². The predicted molar refractivity (Wildman–Crippen MR) is 86.2 cm³/mol. The van der Waals surface area contributed by atoms with Gasteiger partial charge in [0.05, 0.1) is 5.69 Å². The van der Waals surface area contributed by atoms with Gasteiger partial charge in [0.25, 0.3) is 0 Å². The first-order chi connectivity index (χ1) is 10.6. The Balaban J connectivity index is 1.62. The lowest BCUT2D eigenvalue weighted by atomic mass is 9.81. The maximum atomic E-state index is 14.5. The molecular weight excluding hydrogens is 279 g/mol. The predicted octanol–water partition coefficient (Wildman–Crippen LogP) is 3.63. The van der Waals surface area contributed by atoms with Crippen LogP contribution in [0.4, 0.5) is 10.1 Å². The normalized spacial score (nSPS) is 24.6. The topological polar surface area (TPSA) is 41.1 Å². The van der Waals surface area contributed by atoms with E-state index in [1.807, 2.05) is 6.07 Å². The third-order valence-corrected chi connectivity index (χ3v) is 5.09. The minimum absolute atomic E-state index is 0.0488. The molecule has 1 aromatic rings. The summed E-state index contributed by atoms with van der Waals surface area (Å²) in [5, 5.41) is 6.02. The van der Waals surface area contributed by atoms with Crippen LogP contribution in [0.15, 0.2) is 12.1 Å². The molecule has 0 saturated heterocycles. The number of benzene rings is 1. The van der Waals surface area contributed by atoms with Crippen LogP contribution in [-0.2, 0) is 17.8 Å². The fourth-order valence-corrected chi connectivity index (χ4v) is 3.63. The van der Waals surface area contributed by atoms with Crippen molar-refractivity contribution in [2.24, 2.45) is 11.8 Å². The van der Waals surface area contributed by atoms with E-state index in [-0.39, 0.29) is 11.7 Å². The molecule has 4 heteroatoms. The van der Waals surface area contributed by atoms with Gasteiger partial charge in [0, 0.05) is 13.0 Å². The minimum atomic E-state index is -0.246. The summed E-state index contributed by atoms with van der Waals surface area (Å²) in [6.45, 7) is 3.77. The van der Waals surface area contributed by atoms with Crippen LogP contribution < -0.4 is 10.6 Å². The zero-order valence-electron chi connectivity index (χ0n) is 13.3. The molecule has 1 amide bonds. The average molecular weight is 304 g/mol. The van der Waals surface area contributed by atoms with Crippen LogP contribution in [0.3, 0.4) is 0 Å². The smallest absolute Gasteiger partial charge is 0.224 e. The van der Waals surface area contributed by atoms with Crippen molar-refractivity contribution in [3.63, 3.8) is 0 Å². The maximum Gasteiger partial charge on any atom is 0.224 e. The van der Waals surface area contributed by atoms with Crippen molar-refractivity contribution in [2.75, 3.05) is 11.9 Å². The molecule has 2 aliphatic rings. The van der Waals surface area contributed by atoms with Gasteiger partial charge in [0.15, 0.2) is 0 Å². The first-order valence-electron chi connectivity index (χ1n) is 8.44. The molecule has 2 N–H and O–H groups in total. The molecule has 0 aromatic heterocycles. The number of anilines is 1. The Hall–Kier alpha value is -1.42. The van der Waals surface area contributed by atoms with E-state index < -0.39 is 0 Å². The Morgan fingerprint density at radius 1 is 1.32 bits per heavy atom. The summed E-state index contributed by atoms with van der Waals surface area (Å²) in [6, 6.07) is 3.62. The molecule has 0 unspecified atom stereocenters. The molecule has 0 spiro atoms. The molecule has 3 nitrogen and oxygen atoms in total. The third-order valence-electron chi connectivity index (χ3n) is 5.09. The van der Waals surface area contributed by atoms with E-state index in [0.29, 0.717) is 31.0 Å². The minimum Gasteiger partial charge on any atom is -0.324 e. The number of fused-ring (bicyclic) bond motifs is 1. The molecule has 1 fully saturated rings. The Kier molecular flexibility index (Phi) is 4.77. The Morgan fingerprint density at radius 3 is 2.86 bits per heavy atom. The maximum absolute atomic E-state index is 14.5. The average Bonchev–Trinajstić information content (AvgIpc) is 2.53. The monoisotopic (exact) mass is 304 g/mol. The summed E-state index contributed by atoms with van der Waals surface area (Å²) >= 11 is 0. The zero-order chi connectivity index (χ0) is 15.5. The number of carbonyl (C=O) groups excluding carboxylic acids is 1. The number of amides is 1. The van der Waals surface area contributed by atoms with Crippen molar-refractivity contribution in [2.45, 2.75) is 52.0 Å². The number of hydrogen-bond acceptors (Lipinski definition) is 2. The van der Waals surface area contributed by atoms with Crippen molar-refractivity contribution in [3.05, 3.63) is 29.1 Å². The highest BCUT2D eigenvalue weighted by Gasteiger charge is 2.22. The fraction of sp³-hybridized carbons (Fsp3) is 0.611. The number of hydrogen-bond donors (Lipinski definition) is 2. The van der Waals surface area contributed by atoms with Gasteiger partial charge in [0.2, 0.25) is 5.91 Å². The molecule has 3 rings (SSSR count). The molecule has 1 aliphatic carbocycles. The van der Waals surface area contributed by atoms with Gasteiger partial charge in [-0.25, -0.2) is 4.39 Å². The summed E-state index contributed by atoms with van der Waals surface area (Å²) < 4.78 is 14.5.